The highest BCUT2D eigenvalue weighted by Gasteiger charge is 2.28. The number of benzene rings is 1. The number of hydrogen-bond acceptors (Lipinski definition) is 8. The number of hydrogen-bond donors (Lipinski definition) is 1. The monoisotopic (exact) mass is 419 g/mol. The minimum Gasteiger partial charge on any atom is -0.497 e. The summed E-state index contributed by atoms with van der Waals surface area (Å²) in [6.07, 6.45) is 1.79. The number of thioether (sulfide) groups is 1. The minimum atomic E-state index is -0.202. The van der Waals surface area contributed by atoms with Gasteiger partial charge >= 0.3 is 5.97 Å². The minimum absolute atomic E-state index is 0.00183. The Balaban J connectivity index is 1.51. The smallest absolute Gasteiger partial charge is 0.308 e. The number of likely N-dealkylation sites (tertiary alicyclic amines) is 1. The van der Waals surface area contributed by atoms with Crippen molar-refractivity contribution in [1.82, 2.24) is 19.8 Å². The van der Waals surface area contributed by atoms with E-state index in [2.05, 4.69) is 10.2 Å². The molecule has 0 spiro atoms. The number of carbonyl (C=O) groups is 2. The van der Waals surface area contributed by atoms with Crippen molar-refractivity contribution >= 4 is 23.6 Å². The van der Waals surface area contributed by atoms with Gasteiger partial charge in [0.05, 0.1) is 25.9 Å². The lowest BCUT2D eigenvalue weighted by molar-refractivity contribution is -0.148. The molecule has 1 fully saturated rings. The Kier molecular flexibility index (Phi) is 6.97. The molecule has 0 radical (unpaired) electrons. The summed E-state index contributed by atoms with van der Waals surface area (Å²) < 4.78 is 11.4. The van der Waals surface area contributed by atoms with Gasteiger partial charge in [-0.1, -0.05) is 23.9 Å². The first-order chi connectivity index (χ1) is 14.0. The van der Waals surface area contributed by atoms with Crippen molar-refractivity contribution in [3.63, 3.8) is 0 Å². The lowest BCUT2D eigenvalue weighted by Crippen LogP contribution is -2.41. The van der Waals surface area contributed by atoms with Crippen LogP contribution in [0.15, 0.2) is 29.4 Å². The molecule has 0 atom stereocenters. The quantitative estimate of drug-likeness (QED) is 0.403. The predicted molar refractivity (Wildman–Crippen MR) is 108 cm³/mol. The summed E-state index contributed by atoms with van der Waals surface area (Å²) >= 11 is 1.26. The number of carbonyl (C=O) groups excluding carboxylic acids is 2. The summed E-state index contributed by atoms with van der Waals surface area (Å²) in [5.74, 6) is 7.41. The Hall–Kier alpha value is -2.75. The second kappa shape index (κ2) is 9.64. The van der Waals surface area contributed by atoms with E-state index in [0.29, 0.717) is 43.3 Å². The van der Waals surface area contributed by atoms with Gasteiger partial charge in [-0.25, -0.2) is 4.68 Å². The van der Waals surface area contributed by atoms with Gasteiger partial charge in [0.1, 0.15) is 5.75 Å². The van der Waals surface area contributed by atoms with Crippen LogP contribution in [0.3, 0.4) is 0 Å². The number of nitrogens with zero attached hydrogens (tertiary/aromatic N) is 4. The molecule has 1 aliphatic rings. The van der Waals surface area contributed by atoms with Crippen LogP contribution in [0.4, 0.5) is 0 Å². The van der Waals surface area contributed by atoms with Gasteiger partial charge < -0.3 is 20.2 Å². The van der Waals surface area contributed by atoms with Gasteiger partial charge in [0.25, 0.3) is 0 Å². The van der Waals surface area contributed by atoms with Crippen LogP contribution < -0.4 is 10.6 Å². The van der Waals surface area contributed by atoms with Crippen molar-refractivity contribution in [3.05, 3.63) is 35.7 Å². The highest BCUT2D eigenvalue weighted by Crippen LogP contribution is 2.21. The van der Waals surface area contributed by atoms with Crippen LogP contribution in [0, 0.1) is 5.92 Å². The normalized spacial score (nSPS) is 14.6. The fraction of sp³-hybridized carbons (Fsp3) is 0.474. The summed E-state index contributed by atoms with van der Waals surface area (Å²) in [6.45, 7) is 1.11. The number of piperidine rings is 1. The lowest BCUT2D eigenvalue weighted by atomic mass is 9.97. The Morgan fingerprint density at radius 3 is 2.48 bits per heavy atom. The average Bonchev–Trinajstić information content (AvgIpc) is 3.11. The molecule has 0 bridgehead atoms. The van der Waals surface area contributed by atoms with Crippen molar-refractivity contribution in [2.24, 2.45) is 5.92 Å². The van der Waals surface area contributed by atoms with E-state index in [1.807, 2.05) is 24.3 Å². The van der Waals surface area contributed by atoms with Crippen molar-refractivity contribution in [1.29, 1.82) is 0 Å². The Bertz CT molecular complexity index is 847. The number of esters is 1. The highest BCUT2D eigenvalue weighted by molar-refractivity contribution is 7.99. The molecule has 10 heteroatoms. The second-order valence-corrected chi connectivity index (χ2v) is 7.70. The van der Waals surface area contributed by atoms with Crippen LogP contribution in [0.2, 0.25) is 0 Å². The van der Waals surface area contributed by atoms with E-state index in [9.17, 15) is 9.59 Å². The molecule has 156 valence electrons. The number of nitrogen functional groups attached to an aromatic ring is 1. The van der Waals surface area contributed by atoms with Gasteiger partial charge in [-0.15, -0.1) is 10.2 Å². The van der Waals surface area contributed by atoms with Gasteiger partial charge in [0, 0.05) is 19.5 Å². The second-order valence-electron chi connectivity index (χ2n) is 6.76. The van der Waals surface area contributed by atoms with E-state index >= 15 is 0 Å². The first-order valence-corrected chi connectivity index (χ1v) is 10.3. The van der Waals surface area contributed by atoms with Crippen LogP contribution in [0.25, 0.3) is 0 Å². The van der Waals surface area contributed by atoms with Crippen molar-refractivity contribution < 1.29 is 19.1 Å². The standard InChI is InChI=1S/C19H25N5O4S/c1-27-15-5-3-13(4-6-15)11-16-21-22-19(24(16)20)29-12-17(25)23-9-7-14(8-10-23)18(26)28-2/h3-6,14H,7-12,20H2,1-2H3. The summed E-state index contributed by atoms with van der Waals surface area (Å²) in [6, 6.07) is 7.65. The number of methoxy groups -OCH3 is 2. The summed E-state index contributed by atoms with van der Waals surface area (Å²) in [5, 5.41) is 8.74. The molecule has 1 amide bonds. The third-order valence-electron chi connectivity index (χ3n) is 4.96. The fourth-order valence-corrected chi connectivity index (χ4v) is 3.98. The van der Waals surface area contributed by atoms with Gasteiger partial charge in [0.2, 0.25) is 11.1 Å². The third-order valence-corrected chi connectivity index (χ3v) is 5.89. The fourth-order valence-electron chi connectivity index (χ4n) is 3.20. The summed E-state index contributed by atoms with van der Waals surface area (Å²) in [7, 11) is 3.01. The van der Waals surface area contributed by atoms with E-state index in [-0.39, 0.29) is 23.5 Å². The van der Waals surface area contributed by atoms with Crippen molar-refractivity contribution in [2.75, 3.05) is 38.9 Å². The maximum absolute atomic E-state index is 12.5. The van der Waals surface area contributed by atoms with Gasteiger partial charge in [-0.3, -0.25) is 9.59 Å². The van der Waals surface area contributed by atoms with E-state index in [1.165, 1.54) is 23.5 Å². The molecule has 0 aliphatic carbocycles. The maximum Gasteiger partial charge on any atom is 0.308 e. The number of amides is 1. The van der Waals surface area contributed by atoms with Crippen LogP contribution in [0.1, 0.15) is 24.2 Å². The Labute approximate surface area is 173 Å². The van der Waals surface area contributed by atoms with Crippen LogP contribution in [-0.4, -0.2) is 64.7 Å². The molecule has 1 aliphatic heterocycles. The topological polar surface area (TPSA) is 113 Å². The first kappa shape index (κ1) is 21.0. The number of rotatable bonds is 7. The predicted octanol–water partition coefficient (Wildman–Crippen LogP) is 1.09. The van der Waals surface area contributed by atoms with E-state index < -0.39 is 0 Å². The molecular formula is C19H25N5O4S. The van der Waals surface area contributed by atoms with Crippen LogP contribution in [0.5, 0.6) is 5.75 Å². The zero-order valence-corrected chi connectivity index (χ0v) is 17.4. The zero-order chi connectivity index (χ0) is 20.8. The molecule has 2 heterocycles. The van der Waals surface area contributed by atoms with Crippen molar-refractivity contribution in [2.45, 2.75) is 24.4 Å². The van der Waals surface area contributed by atoms with E-state index in [4.69, 9.17) is 15.3 Å². The molecule has 1 aromatic heterocycles. The average molecular weight is 420 g/mol. The highest BCUT2D eigenvalue weighted by atomic mass is 32.2. The van der Waals surface area contributed by atoms with Gasteiger partial charge in [0.15, 0.2) is 5.82 Å². The summed E-state index contributed by atoms with van der Waals surface area (Å²) in [4.78, 5) is 25.8. The van der Waals surface area contributed by atoms with E-state index in [0.717, 1.165) is 11.3 Å². The third kappa shape index (κ3) is 5.20. The Morgan fingerprint density at radius 2 is 1.86 bits per heavy atom. The molecule has 2 aromatic rings. The molecule has 0 saturated carbocycles. The van der Waals surface area contributed by atoms with Crippen molar-refractivity contribution in [3.8, 4) is 5.75 Å². The van der Waals surface area contributed by atoms with Crippen LogP contribution >= 0.6 is 11.8 Å². The molecular weight excluding hydrogens is 394 g/mol. The maximum atomic E-state index is 12.5. The molecule has 9 nitrogen and oxygen atoms in total. The first-order valence-electron chi connectivity index (χ1n) is 9.32. The van der Waals surface area contributed by atoms with E-state index in [1.54, 1.807) is 12.0 Å². The molecule has 3 rings (SSSR count). The molecule has 1 aromatic carbocycles. The van der Waals surface area contributed by atoms with Gasteiger partial charge in [-0.05, 0) is 30.5 Å². The molecule has 2 N–H and O–H groups in total. The number of aromatic nitrogens is 3. The SMILES string of the molecule is COC(=O)C1CCN(C(=O)CSc2nnc(Cc3ccc(OC)cc3)n2N)CC1. The molecule has 0 unspecified atom stereocenters. The summed E-state index contributed by atoms with van der Waals surface area (Å²) in [5.41, 5.74) is 1.03. The number of nitrogens with two attached hydrogens (primary N) is 1. The molecule has 29 heavy (non-hydrogen) atoms. The largest absolute Gasteiger partial charge is 0.497 e. The van der Waals surface area contributed by atoms with Crippen LogP contribution in [-0.2, 0) is 20.7 Å². The zero-order valence-electron chi connectivity index (χ0n) is 16.5. The number of ether oxygens (including phenoxy) is 2. The van der Waals surface area contributed by atoms with Gasteiger partial charge in [-0.2, -0.15) is 0 Å². The lowest BCUT2D eigenvalue weighted by Gasteiger charge is -2.30. The Morgan fingerprint density at radius 1 is 1.17 bits per heavy atom. The molecule has 1 saturated heterocycles.